The molecule has 1 saturated heterocycles. The van der Waals surface area contributed by atoms with Gasteiger partial charge in [0.2, 0.25) is 5.91 Å². The molecule has 0 spiro atoms. The number of fused-ring (bicyclic) bond motifs is 6. The normalized spacial score (nSPS) is 17.0. The van der Waals surface area contributed by atoms with Crippen LogP contribution in [0.5, 0.6) is 17.2 Å². The summed E-state index contributed by atoms with van der Waals surface area (Å²) >= 11 is 0. The standard InChI is InChI=1S/C32H34N10O3/c1-20-13-22(6-7-26(20)45-24-9-10-42-28(14-24)34-19-36-42)37-31-30-25(33-18-35-31)15-27-32(38-30)40-11-12-41(23(16-40)17-44-27)29(43)8-5-21(2)39(3)4/h5-10,13-15,18-19,21,23H,11-12,16-17H2,1-4H3,(H,33,35,37)/b8-5+/t21?,23-/m0/s1. The second kappa shape index (κ2) is 11.7. The number of pyridine rings is 2. The quantitative estimate of drug-likeness (QED) is 0.272. The van der Waals surface area contributed by atoms with Crippen molar-refractivity contribution in [1.29, 1.82) is 0 Å². The molecule has 2 atom stereocenters. The number of piperazine rings is 1. The molecule has 1 fully saturated rings. The molecule has 13 nitrogen and oxygen atoms in total. The Balaban J connectivity index is 1.10. The number of aromatic nitrogens is 6. The highest BCUT2D eigenvalue weighted by atomic mass is 16.5. The highest BCUT2D eigenvalue weighted by molar-refractivity contribution is 5.90. The third-order valence-electron chi connectivity index (χ3n) is 8.30. The molecule has 4 aromatic heterocycles. The molecule has 1 amide bonds. The fourth-order valence-electron chi connectivity index (χ4n) is 5.50. The highest BCUT2D eigenvalue weighted by Crippen LogP contribution is 2.36. The molecule has 0 saturated carbocycles. The summed E-state index contributed by atoms with van der Waals surface area (Å²) in [7, 11) is 3.99. The number of aryl methyl sites for hydroxylation is 1. The average molecular weight is 607 g/mol. The molecule has 1 unspecified atom stereocenters. The molecule has 6 heterocycles. The maximum absolute atomic E-state index is 13.1. The van der Waals surface area contributed by atoms with Crippen LogP contribution in [0.3, 0.4) is 0 Å². The average Bonchev–Trinajstić information content (AvgIpc) is 3.46. The smallest absolute Gasteiger partial charge is 0.246 e. The van der Waals surface area contributed by atoms with E-state index in [1.807, 2.05) is 74.6 Å². The molecule has 13 heteroatoms. The molecule has 7 rings (SSSR count). The first-order valence-electron chi connectivity index (χ1n) is 14.9. The molecule has 2 aliphatic rings. The maximum Gasteiger partial charge on any atom is 0.246 e. The number of carbonyl (C=O) groups excluding carboxylic acids is 1. The topological polar surface area (TPSA) is 126 Å². The van der Waals surface area contributed by atoms with Crippen LogP contribution < -0.4 is 19.7 Å². The van der Waals surface area contributed by atoms with Crippen LogP contribution >= 0.6 is 0 Å². The van der Waals surface area contributed by atoms with Crippen LogP contribution in [-0.2, 0) is 4.79 Å². The lowest BCUT2D eigenvalue weighted by Gasteiger charge is -2.39. The van der Waals surface area contributed by atoms with Gasteiger partial charge in [-0.2, -0.15) is 5.10 Å². The van der Waals surface area contributed by atoms with Crippen LogP contribution in [0.1, 0.15) is 12.5 Å². The Labute approximate surface area is 260 Å². The van der Waals surface area contributed by atoms with E-state index >= 15 is 0 Å². The van der Waals surface area contributed by atoms with E-state index in [9.17, 15) is 4.79 Å². The summed E-state index contributed by atoms with van der Waals surface area (Å²) in [5.74, 6) is 3.38. The van der Waals surface area contributed by atoms with Gasteiger partial charge in [0.1, 0.15) is 36.3 Å². The van der Waals surface area contributed by atoms with E-state index < -0.39 is 0 Å². The van der Waals surface area contributed by atoms with Gasteiger partial charge in [0, 0.05) is 55.8 Å². The number of hydrogen-bond acceptors (Lipinski definition) is 11. The number of rotatable bonds is 7. The zero-order chi connectivity index (χ0) is 31.1. The van der Waals surface area contributed by atoms with Crippen LogP contribution in [-0.4, -0.2) is 97.7 Å². The number of likely N-dealkylation sites (N-methyl/N-ethyl adjacent to an activating group) is 1. The largest absolute Gasteiger partial charge is 0.487 e. The summed E-state index contributed by atoms with van der Waals surface area (Å²) in [4.78, 5) is 37.5. The minimum absolute atomic E-state index is 0.00137. The third kappa shape index (κ3) is 5.69. The van der Waals surface area contributed by atoms with Crippen molar-refractivity contribution in [3.63, 3.8) is 0 Å². The molecule has 230 valence electrons. The predicted octanol–water partition coefficient (Wildman–Crippen LogP) is 3.83. The Morgan fingerprint density at radius 3 is 2.87 bits per heavy atom. The Bertz CT molecular complexity index is 1920. The van der Waals surface area contributed by atoms with E-state index in [1.165, 1.54) is 12.7 Å². The molecule has 45 heavy (non-hydrogen) atoms. The molecule has 2 aliphatic heterocycles. The maximum atomic E-state index is 13.1. The van der Waals surface area contributed by atoms with Gasteiger partial charge < -0.3 is 29.5 Å². The summed E-state index contributed by atoms with van der Waals surface area (Å²) in [5.41, 5.74) is 3.79. The van der Waals surface area contributed by atoms with E-state index in [-0.39, 0.29) is 18.0 Å². The first-order valence-corrected chi connectivity index (χ1v) is 14.9. The number of nitrogens with zero attached hydrogens (tertiary/aromatic N) is 9. The van der Waals surface area contributed by atoms with Crippen LogP contribution in [0.2, 0.25) is 0 Å². The third-order valence-corrected chi connectivity index (χ3v) is 8.30. The minimum atomic E-state index is -0.0893. The lowest BCUT2D eigenvalue weighted by Crippen LogP contribution is -2.56. The van der Waals surface area contributed by atoms with Gasteiger partial charge in [-0.1, -0.05) is 6.08 Å². The molecule has 0 aliphatic carbocycles. The fourth-order valence-corrected chi connectivity index (χ4v) is 5.50. The van der Waals surface area contributed by atoms with E-state index in [0.29, 0.717) is 60.2 Å². The number of ether oxygens (including phenoxy) is 2. The van der Waals surface area contributed by atoms with Crippen LogP contribution in [0.4, 0.5) is 17.3 Å². The van der Waals surface area contributed by atoms with Gasteiger partial charge in [-0.3, -0.25) is 4.79 Å². The van der Waals surface area contributed by atoms with Gasteiger partial charge in [-0.25, -0.2) is 24.5 Å². The highest BCUT2D eigenvalue weighted by Gasteiger charge is 2.35. The second-order valence-corrected chi connectivity index (χ2v) is 11.5. The summed E-state index contributed by atoms with van der Waals surface area (Å²) in [6.45, 7) is 6.30. The number of carbonyl (C=O) groups is 1. The van der Waals surface area contributed by atoms with E-state index in [4.69, 9.17) is 14.5 Å². The first kappa shape index (κ1) is 28.5. The van der Waals surface area contributed by atoms with Gasteiger partial charge in [-0.15, -0.1) is 0 Å². The number of amides is 1. The zero-order valence-electron chi connectivity index (χ0n) is 25.6. The number of nitrogens with one attached hydrogen (secondary N) is 1. The molecule has 0 radical (unpaired) electrons. The van der Waals surface area contributed by atoms with Gasteiger partial charge >= 0.3 is 0 Å². The summed E-state index contributed by atoms with van der Waals surface area (Å²) in [5, 5.41) is 7.54. The van der Waals surface area contributed by atoms with Crippen molar-refractivity contribution in [2.45, 2.75) is 25.9 Å². The van der Waals surface area contributed by atoms with Crippen molar-refractivity contribution in [1.82, 2.24) is 39.3 Å². The van der Waals surface area contributed by atoms with Crippen molar-refractivity contribution in [3.05, 3.63) is 73.0 Å². The van der Waals surface area contributed by atoms with Gasteiger partial charge in [-0.05, 0) is 57.8 Å². The summed E-state index contributed by atoms with van der Waals surface area (Å²) in [6.07, 6.45) is 8.45. The van der Waals surface area contributed by atoms with Crippen LogP contribution in [0, 0.1) is 6.92 Å². The predicted molar refractivity (Wildman–Crippen MR) is 170 cm³/mol. The van der Waals surface area contributed by atoms with Crippen LogP contribution in [0.25, 0.3) is 16.7 Å². The molecular weight excluding hydrogens is 572 g/mol. The number of benzene rings is 1. The lowest BCUT2D eigenvalue weighted by molar-refractivity contribution is -0.129. The van der Waals surface area contributed by atoms with Crippen molar-refractivity contribution in [2.24, 2.45) is 0 Å². The minimum Gasteiger partial charge on any atom is -0.487 e. The number of hydrogen-bond donors (Lipinski definition) is 1. The van der Waals surface area contributed by atoms with Crippen molar-refractivity contribution >= 4 is 39.9 Å². The molecule has 1 aromatic carbocycles. The van der Waals surface area contributed by atoms with Crippen molar-refractivity contribution in [3.8, 4) is 17.2 Å². The van der Waals surface area contributed by atoms with Gasteiger partial charge in [0.25, 0.3) is 0 Å². The fraction of sp³-hybridized carbons (Fsp3) is 0.312. The Morgan fingerprint density at radius 2 is 2.02 bits per heavy atom. The zero-order valence-corrected chi connectivity index (χ0v) is 25.6. The van der Waals surface area contributed by atoms with E-state index in [1.54, 1.807) is 10.6 Å². The van der Waals surface area contributed by atoms with Crippen molar-refractivity contribution < 1.29 is 14.3 Å². The molecule has 2 bridgehead atoms. The van der Waals surface area contributed by atoms with Gasteiger partial charge in [0.15, 0.2) is 23.0 Å². The second-order valence-electron chi connectivity index (χ2n) is 11.5. The molecule has 5 aromatic rings. The SMILES string of the molecule is Cc1cc(Nc2ncnc3cc4c(nc23)N2CCN(C(=O)/C=C/C(C)N(C)C)[C@H](CO4)C2)ccc1Oc1ccn2ncnc2c1. The van der Waals surface area contributed by atoms with E-state index in [2.05, 4.69) is 42.1 Å². The molecular formula is C32H34N10O3. The summed E-state index contributed by atoms with van der Waals surface area (Å²) in [6, 6.07) is 11.5. The van der Waals surface area contributed by atoms with Crippen molar-refractivity contribution in [2.75, 3.05) is 50.6 Å². The Hall–Kier alpha value is -5.30. The van der Waals surface area contributed by atoms with Crippen LogP contribution in [0.15, 0.2) is 67.4 Å². The lowest BCUT2D eigenvalue weighted by atomic mass is 10.1. The van der Waals surface area contributed by atoms with Gasteiger partial charge in [0.05, 0.1) is 11.6 Å². The first-order chi connectivity index (χ1) is 21.8. The Kier molecular flexibility index (Phi) is 7.37. The Morgan fingerprint density at radius 1 is 1.13 bits per heavy atom. The monoisotopic (exact) mass is 606 g/mol. The summed E-state index contributed by atoms with van der Waals surface area (Å²) < 4.78 is 14.1. The number of anilines is 3. The molecule has 1 N–H and O–H groups in total. The van der Waals surface area contributed by atoms with E-state index in [0.717, 1.165) is 22.8 Å².